The van der Waals surface area contributed by atoms with Crippen LogP contribution >= 0.6 is 0 Å². The minimum absolute atomic E-state index is 0.227. The summed E-state index contributed by atoms with van der Waals surface area (Å²) in [5, 5.41) is 18.0. The number of benzene rings is 1. The van der Waals surface area contributed by atoms with Gasteiger partial charge < -0.3 is 15.1 Å². The number of aromatic carboxylic acids is 1. The largest absolute Gasteiger partial charge is 0.481 e. The van der Waals surface area contributed by atoms with Crippen LogP contribution in [0.2, 0.25) is 0 Å². The highest BCUT2D eigenvalue weighted by molar-refractivity contribution is 5.88. The molecule has 0 bridgehead atoms. The maximum atomic E-state index is 11.0. The summed E-state index contributed by atoms with van der Waals surface area (Å²) in [5.41, 5.74) is 1.01. The van der Waals surface area contributed by atoms with Gasteiger partial charge in [-0.2, -0.15) is 0 Å². The predicted molar refractivity (Wildman–Crippen MR) is 66.0 cm³/mol. The fourth-order valence-electron chi connectivity index (χ4n) is 2.25. The van der Waals surface area contributed by atoms with Crippen LogP contribution in [-0.2, 0) is 4.79 Å². The molecule has 1 unspecified atom stereocenters. The summed E-state index contributed by atoms with van der Waals surface area (Å²) < 4.78 is 0. The predicted octanol–water partition coefficient (Wildman–Crippen LogP) is 1.69. The molecule has 0 radical (unpaired) electrons. The van der Waals surface area contributed by atoms with Gasteiger partial charge in [-0.3, -0.25) is 4.79 Å². The molecule has 0 aromatic heterocycles. The zero-order valence-corrected chi connectivity index (χ0v) is 9.87. The van der Waals surface area contributed by atoms with Crippen molar-refractivity contribution in [1.29, 1.82) is 0 Å². The standard InChI is InChI=1S/C13H15NO4/c15-12(16)9-3-1-5-11(7-9)14-6-2-4-10(8-14)13(17)18/h1,3,5,7,10H,2,4,6,8H2,(H,15,16)(H,17,18). The van der Waals surface area contributed by atoms with Gasteiger partial charge in [-0.1, -0.05) is 6.07 Å². The zero-order valence-electron chi connectivity index (χ0n) is 9.87. The molecule has 1 heterocycles. The topological polar surface area (TPSA) is 77.8 Å². The molecule has 0 spiro atoms. The van der Waals surface area contributed by atoms with Crippen LogP contribution in [-0.4, -0.2) is 35.2 Å². The average Bonchev–Trinajstić information content (AvgIpc) is 2.39. The Kier molecular flexibility index (Phi) is 3.50. The Labute approximate surface area is 105 Å². The Bertz CT molecular complexity index is 472. The second kappa shape index (κ2) is 5.08. The quantitative estimate of drug-likeness (QED) is 0.852. The first-order valence-electron chi connectivity index (χ1n) is 5.89. The van der Waals surface area contributed by atoms with E-state index in [1.807, 2.05) is 11.0 Å². The molecular weight excluding hydrogens is 234 g/mol. The molecule has 96 valence electrons. The lowest BCUT2D eigenvalue weighted by Gasteiger charge is -2.32. The van der Waals surface area contributed by atoms with Crippen molar-refractivity contribution in [2.45, 2.75) is 12.8 Å². The molecule has 1 aromatic rings. The molecule has 0 amide bonds. The van der Waals surface area contributed by atoms with E-state index >= 15 is 0 Å². The van der Waals surface area contributed by atoms with Crippen molar-refractivity contribution in [3.63, 3.8) is 0 Å². The highest BCUT2D eigenvalue weighted by Gasteiger charge is 2.25. The lowest BCUT2D eigenvalue weighted by Crippen LogP contribution is -2.38. The molecule has 1 aliphatic heterocycles. The van der Waals surface area contributed by atoms with Gasteiger partial charge >= 0.3 is 11.9 Å². The van der Waals surface area contributed by atoms with Gasteiger partial charge in [0.2, 0.25) is 0 Å². The molecule has 1 aliphatic rings. The van der Waals surface area contributed by atoms with Crippen molar-refractivity contribution >= 4 is 17.6 Å². The van der Waals surface area contributed by atoms with E-state index in [4.69, 9.17) is 10.2 Å². The molecule has 18 heavy (non-hydrogen) atoms. The van der Waals surface area contributed by atoms with Crippen LogP contribution in [0, 0.1) is 5.92 Å². The molecular formula is C13H15NO4. The van der Waals surface area contributed by atoms with Crippen LogP contribution in [0.3, 0.4) is 0 Å². The van der Waals surface area contributed by atoms with Crippen LogP contribution in [0.15, 0.2) is 24.3 Å². The molecule has 0 saturated carbocycles. The third kappa shape index (κ3) is 2.61. The Morgan fingerprint density at radius 1 is 1.28 bits per heavy atom. The summed E-state index contributed by atoms with van der Waals surface area (Å²) in [7, 11) is 0. The van der Waals surface area contributed by atoms with E-state index in [-0.39, 0.29) is 11.5 Å². The first-order chi connectivity index (χ1) is 8.58. The van der Waals surface area contributed by atoms with Gasteiger partial charge in [-0.25, -0.2) is 4.79 Å². The summed E-state index contributed by atoms with van der Waals surface area (Å²) in [6.07, 6.45) is 1.50. The number of carbonyl (C=O) groups is 2. The van der Waals surface area contributed by atoms with Crippen molar-refractivity contribution in [3.05, 3.63) is 29.8 Å². The minimum Gasteiger partial charge on any atom is -0.481 e. The highest BCUT2D eigenvalue weighted by atomic mass is 16.4. The van der Waals surface area contributed by atoms with Crippen molar-refractivity contribution in [3.8, 4) is 0 Å². The first kappa shape index (κ1) is 12.4. The summed E-state index contributed by atoms with van der Waals surface area (Å²) in [6, 6.07) is 6.62. The Balaban J connectivity index is 2.18. The van der Waals surface area contributed by atoms with Gasteiger partial charge in [-0.15, -0.1) is 0 Å². The van der Waals surface area contributed by atoms with Crippen LogP contribution in [0.4, 0.5) is 5.69 Å². The molecule has 2 rings (SSSR count). The number of hydrogen-bond acceptors (Lipinski definition) is 3. The molecule has 0 aliphatic carbocycles. The monoisotopic (exact) mass is 249 g/mol. The van der Waals surface area contributed by atoms with E-state index in [9.17, 15) is 9.59 Å². The molecule has 1 aromatic carbocycles. The van der Waals surface area contributed by atoms with Crippen LogP contribution < -0.4 is 4.90 Å². The van der Waals surface area contributed by atoms with E-state index < -0.39 is 11.9 Å². The Morgan fingerprint density at radius 2 is 2.06 bits per heavy atom. The second-order valence-corrected chi connectivity index (χ2v) is 4.48. The van der Waals surface area contributed by atoms with Crippen LogP contribution in [0.1, 0.15) is 23.2 Å². The van der Waals surface area contributed by atoms with Crippen LogP contribution in [0.25, 0.3) is 0 Å². The normalized spacial score (nSPS) is 19.6. The van der Waals surface area contributed by atoms with Gasteiger partial charge in [0, 0.05) is 18.8 Å². The van der Waals surface area contributed by atoms with Gasteiger partial charge in [0.05, 0.1) is 11.5 Å². The lowest BCUT2D eigenvalue weighted by molar-refractivity contribution is -0.141. The number of aliphatic carboxylic acids is 1. The maximum absolute atomic E-state index is 11.0. The van der Waals surface area contributed by atoms with E-state index in [2.05, 4.69) is 0 Å². The average molecular weight is 249 g/mol. The SMILES string of the molecule is O=C(O)c1cccc(N2CCCC(C(=O)O)C2)c1. The third-order valence-corrected chi connectivity index (χ3v) is 3.23. The van der Waals surface area contributed by atoms with E-state index in [0.717, 1.165) is 18.7 Å². The van der Waals surface area contributed by atoms with Crippen molar-refractivity contribution in [2.75, 3.05) is 18.0 Å². The lowest BCUT2D eigenvalue weighted by atomic mass is 9.97. The molecule has 1 fully saturated rings. The third-order valence-electron chi connectivity index (χ3n) is 3.23. The number of nitrogens with zero attached hydrogens (tertiary/aromatic N) is 1. The number of carboxylic acids is 2. The summed E-state index contributed by atoms with van der Waals surface area (Å²) >= 11 is 0. The second-order valence-electron chi connectivity index (χ2n) is 4.48. The molecule has 2 N–H and O–H groups in total. The van der Waals surface area contributed by atoms with E-state index in [1.165, 1.54) is 6.07 Å². The number of piperidine rings is 1. The summed E-state index contributed by atoms with van der Waals surface area (Å²) in [4.78, 5) is 23.8. The number of hydrogen-bond donors (Lipinski definition) is 2. The fraction of sp³-hybridized carbons (Fsp3) is 0.385. The van der Waals surface area contributed by atoms with Crippen molar-refractivity contribution < 1.29 is 19.8 Å². The minimum atomic E-state index is -0.969. The van der Waals surface area contributed by atoms with E-state index in [0.29, 0.717) is 13.0 Å². The zero-order chi connectivity index (χ0) is 13.1. The van der Waals surface area contributed by atoms with Gasteiger partial charge in [0.1, 0.15) is 0 Å². The number of carboxylic acid groups (broad SMARTS) is 2. The number of anilines is 1. The fourth-order valence-corrected chi connectivity index (χ4v) is 2.25. The molecule has 1 atom stereocenters. The first-order valence-corrected chi connectivity index (χ1v) is 5.89. The molecule has 1 saturated heterocycles. The van der Waals surface area contributed by atoms with Crippen LogP contribution in [0.5, 0.6) is 0 Å². The highest BCUT2D eigenvalue weighted by Crippen LogP contribution is 2.24. The molecule has 5 heteroatoms. The van der Waals surface area contributed by atoms with Crippen molar-refractivity contribution in [2.24, 2.45) is 5.92 Å². The van der Waals surface area contributed by atoms with Gasteiger partial charge in [0.25, 0.3) is 0 Å². The smallest absolute Gasteiger partial charge is 0.335 e. The van der Waals surface area contributed by atoms with Gasteiger partial charge in [0.15, 0.2) is 0 Å². The maximum Gasteiger partial charge on any atom is 0.335 e. The Hall–Kier alpha value is -2.04. The van der Waals surface area contributed by atoms with Gasteiger partial charge in [-0.05, 0) is 31.0 Å². The van der Waals surface area contributed by atoms with E-state index in [1.54, 1.807) is 12.1 Å². The van der Waals surface area contributed by atoms with Crippen molar-refractivity contribution in [1.82, 2.24) is 0 Å². The summed E-state index contributed by atoms with van der Waals surface area (Å²) in [6.45, 7) is 1.21. The summed E-state index contributed by atoms with van der Waals surface area (Å²) in [5.74, 6) is -2.12. The Morgan fingerprint density at radius 3 is 2.72 bits per heavy atom. The number of rotatable bonds is 3. The molecule has 5 nitrogen and oxygen atoms in total.